The average molecular weight is 252 g/mol. The first kappa shape index (κ1) is 10.4. The number of rotatable bonds is 1. The fraction of sp³-hybridized carbons (Fsp3) is 0.250. The first-order valence-electron chi connectivity index (χ1n) is 3.57. The minimum absolute atomic E-state index is 0.0462. The molecule has 1 atom stereocenters. The molecule has 5 heteroatoms. The van der Waals surface area contributed by atoms with E-state index in [0.717, 1.165) is 0 Å². The van der Waals surface area contributed by atoms with E-state index in [4.69, 9.17) is 10.8 Å². The van der Waals surface area contributed by atoms with Gasteiger partial charge in [0.25, 0.3) is 0 Å². The van der Waals surface area contributed by atoms with E-state index in [1.807, 2.05) is 0 Å². The number of hydrogen-bond acceptors (Lipinski definition) is 2. The summed E-state index contributed by atoms with van der Waals surface area (Å²) in [4.78, 5) is 0. The second-order valence-electron chi connectivity index (χ2n) is 2.71. The van der Waals surface area contributed by atoms with E-state index in [1.54, 1.807) is 6.92 Å². The van der Waals surface area contributed by atoms with E-state index in [2.05, 4.69) is 15.9 Å². The third-order valence-corrected chi connectivity index (χ3v) is 2.23. The molecule has 3 N–H and O–H groups in total. The van der Waals surface area contributed by atoms with Gasteiger partial charge in [-0.1, -0.05) is 0 Å². The van der Waals surface area contributed by atoms with Crippen molar-refractivity contribution in [2.45, 2.75) is 13.0 Å². The zero-order valence-corrected chi connectivity index (χ0v) is 8.40. The molecule has 2 nitrogen and oxygen atoms in total. The van der Waals surface area contributed by atoms with Crippen LogP contribution in [-0.4, -0.2) is 5.11 Å². The number of phenols is 1. The molecule has 0 fully saturated rings. The van der Waals surface area contributed by atoms with Crippen LogP contribution >= 0.6 is 15.9 Å². The molecule has 0 saturated carbocycles. The monoisotopic (exact) mass is 251 g/mol. The summed E-state index contributed by atoms with van der Waals surface area (Å²) < 4.78 is 25.7. The second kappa shape index (κ2) is 3.59. The molecule has 0 spiro atoms. The maximum atomic E-state index is 12.9. The maximum absolute atomic E-state index is 12.9. The van der Waals surface area contributed by atoms with Crippen molar-refractivity contribution in [2.24, 2.45) is 5.73 Å². The van der Waals surface area contributed by atoms with Crippen LogP contribution in [0.4, 0.5) is 8.78 Å². The first-order chi connectivity index (χ1) is 5.95. The Morgan fingerprint density at radius 3 is 2.46 bits per heavy atom. The predicted molar refractivity (Wildman–Crippen MR) is 48.3 cm³/mol. The largest absolute Gasteiger partial charge is 0.505 e. The molecule has 0 aliphatic heterocycles. The maximum Gasteiger partial charge on any atom is 0.201 e. The molecule has 0 aromatic heterocycles. The van der Waals surface area contributed by atoms with E-state index in [0.29, 0.717) is 0 Å². The van der Waals surface area contributed by atoms with Crippen molar-refractivity contribution >= 4 is 15.9 Å². The average Bonchev–Trinajstić information content (AvgIpc) is 2.07. The standard InChI is InChI=1S/C8H8BrF2NO/c1-3(12)4-2-5(9)6(10)7(11)8(4)13/h2-3,13H,12H2,1H3/t3-/m0/s1. The van der Waals surface area contributed by atoms with Crippen LogP contribution in [0.25, 0.3) is 0 Å². The predicted octanol–water partition coefficient (Wildman–Crippen LogP) is 2.45. The van der Waals surface area contributed by atoms with Crippen molar-refractivity contribution in [3.63, 3.8) is 0 Å². The summed E-state index contributed by atoms with van der Waals surface area (Å²) in [5.41, 5.74) is 5.60. The summed E-state index contributed by atoms with van der Waals surface area (Å²) in [5.74, 6) is -3.11. The van der Waals surface area contributed by atoms with E-state index in [1.165, 1.54) is 6.07 Å². The Bertz CT molecular complexity index is 341. The number of aromatic hydroxyl groups is 1. The Balaban J connectivity index is 3.41. The summed E-state index contributed by atoms with van der Waals surface area (Å²) in [6.45, 7) is 1.57. The number of phenolic OH excluding ortho intramolecular Hbond substituents is 1. The molecule has 0 amide bonds. The molecule has 1 rings (SSSR count). The van der Waals surface area contributed by atoms with Gasteiger partial charge >= 0.3 is 0 Å². The normalized spacial score (nSPS) is 13.0. The second-order valence-corrected chi connectivity index (χ2v) is 3.57. The van der Waals surface area contributed by atoms with Crippen molar-refractivity contribution < 1.29 is 13.9 Å². The molecule has 0 radical (unpaired) electrons. The number of halogens is 3. The molecule has 0 unspecified atom stereocenters. The van der Waals surface area contributed by atoms with Crippen LogP contribution in [0.3, 0.4) is 0 Å². The Labute approximate surface area is 82.5 Å². The van der Waals surface area contributed by atoms with Gasteiger partial charge in [-0.3, -0.25) is 0 Å². The summed E-state index contributed by atoms with van der Waals surface area (Å²) >= 11 is 2.82. The van der Waals surface area contributed by atoms with Crippen molar-refractivity contribution in [3.8, 4) is 5.75 Å². The van der Waals surface area contributed by atoms with Crippen molar-refractivity contribution in [2.75, 3.05) is 0 Å². The summed E-state index contributed by atoms with van der Waals surface area (Å²) in [7, 11) is 0. The number of nitrogens with two attached hydrogens (primary N) is 1. The van der Waals surface area contributed by atoms with E-state index >= 15 is 0 Å². The fourth-order valence-corrected chi connectivity index (χ4v) is 1.37. The smallest absolute Gasteiger partial charge is 0.201 e. The molecule has 1 aromatic rings. The van der Waals surface area contributed by atoms with Crippen molar-refractivity contribution in [1.29, 1.82) is 0 Å². The van der Waals surface area contributed by atoms with Crippen LogP contribution in [0.15, 0.2) is 10.5 Å². The van der Waals surface area contributed by atoms with Crippen LogP contribution in [0.2, 0.25) is 0 Å². The lowest BCUT2D eigenvalue weighted by molar-refractivity contribution is 0.397. The summed E-state index contributed by atoms with van der Waals surface area (Å²) in [5, 5.41) is 9.16. The highest BCUT2D eigenvalue weighted by atomic mass is 79.9. The Hall–Kier alpha value is -0.680. The third kappa shape index (κ3) is 1.81. The van der Waals surface area contributed by atoms with Gasteiger partial charge in [0.2, 0.25) is 5.82 Å². The van der Waals surface area contributed by atoms with Crippen LogP contribution in [0.5, 0.6) is 5.75 Å². The molecule has 0 aliphatic rings. The fourth-order valence-electron chi connectivity index (χ4n) is 0.951. The Kier molecular flexibility index (Phi) is 2.87. The van der Waals surface area contributed by atoms with Gasteiger partial charge in [0.15, 0.2) is 11.6 Å². The molecular weight excluding hydrogens is 244 g/mol. The van der Waals surface area contributed by atoms with Crippen LogP contribution in [0.1, 0.15) is 18.5 Å². The van der Waals surface area contributed by atoms with Crippen molar-refractivity contribution in [1.82, 2.24) is 0 Å². The third-order valence-electron chi connectivity index (χ3n) is 1.66. The highest BCUT2D eigenvalue weighted by Crippen LogP contribution is 2.32. The van der Waals surface area contributed by atoms with Crippen molar-refractivity contribution in [3.05, 3.63) is 27.7 Å². The highest BCUT2D eigenvalue weighted by molar-refractivity contribution is 9.10. The van der Waals surface area contributed by atoms with Gasteiger partial charge in [-0.2, -0.15) is 4.39 Å². The van der Waals surface area contributed by atoms with Crippen LogP contribution in [-0.2, 0) is 0 Å². The molecule has 0 saturated heterocycles. The van der Waals surface area contributed by atoms with Gasteiger partial charge in [-0.15, -0.1) is 0 Å². The number of hydrogen-bond donors (Lipinski definition) is 2. The van der Waals surface area contributed by atoms with E-state index in [-0.39, 0.29) is 10.0 Å². The quantitative estimate of drug-likeness (QED) is 0.754. The Morgan fingerprint density at radius 2 is 2.00 bits per heavy atom. The molecule has 1 aromatic carbocycles. The molecule has 0 heterocycles. The molecule has 0 aliphatic carbocycles. The topological polar surface area (TPSA) is 46.2 Å². The lowest BCUT2D eigenvalue weighted by atomic mass is 10.1. The molecule has 0 bridgehead atoms. The van der Waals surface area contributed by atoms with Gasteiger partial charge in [0.05, 0.1) is 4.47 Å². The summed E-state index contributed by atoms with van der Waals surface area (Å²) in [6.07, 6.45) is 0. The van der Waals surface area contributed by atoms with Gasteiger partial charge in [0.1, 0.15) is 0 Å². The van der Waals surface area contributed by atoms with Gasteiger partial charge in [-0.05, 0) is 28.9 Å². The zero-order chi connectivity index (χ0) is 10.2. The Morgan fingerprint density at radius 1 is 1.46 bits per heavy atom. The lowest BCUT2D eigenvalue weighted by Gasteiger charge is -2.10. The minimum Gasteiger partial charge on any atom is -0.505 e. The first-order valence-corrected chi connectivity index (χ1v) is 4.36. The lowest BCUT2D eigenvalue weighted by Crippen LogP contribution is -2.07. The van der Waals surface area contributed by atoms with Gasteiger partial charge in [0, 0.05) is 11.6 Å². The molecular formula is C8H8BrF2NO. The molecule has 72 valence electrons. The van der Waals surface area contributed by atoms with E-state index in [9.17, 15) is 8.78 Å². The van der Waals surface area contributed by atoms with E-state index < -0.39 is 23.4 Å². The van der Waals surface area contributed by atoms with Gasteiger partial charge in [-0.25, -0.2) is 4.39 Å². The van der Waals surface area contributed by atoms with Crippen LogP contribution < -0.4 is 5.73 Å². The van der Waals surface area contributed by atoms with Gasteiger partial charge < -0.3 is 10.8 Å². The SMILES string of the molecule is C[C@H](N)c1cc(Br)c(F)c(F)c1O. The highest BCUT2D eigenvalue weighted by Gasteiger charge is 2.18. The summed E-state index contributed by atoms with van der Waals surface area (Å²) in [6, 6.07) is 0.713. The molecule has 13 heavy (non-hydrogen) atoms. The zero-order valence-electron chi connectivity index (χ0n) is 6.81. The number of benzene rings is 1. The van der Waals surface area contributed by atoms with Crippen LogP contribution in [0, 0.1) is 11.6 Å². The minimum atomic E-state index is -1.28.